The van der Waals surface area contributed by atoms with E-state index in [1.807, 2.05) is 24.3 Å². The molecule has 29 heavy (non-hydrogen) atoms. The number of benzene rings is 2. The molecular formula is C21H16BrFN2O4. The van der Waals surface area contributed by atoms with Crippen molar-refractivity contribution in [3.05, 3.63) is 88.3 Å². The largest absolute Gasteiger partial charge is 0.466 e. The van der Waals surface area contributed by atoms with Gasteiger partial charge >= 0.3 is 5.97 Å². The number of carbonyl (C=O) groups excluding carboxylic acids is 2. The number of pyridine rings is 1. The Kier molecular flexibility index (Phi) is 6.91. The van der Waals surface area contributed by atoms with Crippen LogP contribution in [0.3, 0.4) is 0 Å². The second-order valence-electron chi connectivity index (χ2n) is 5.89. The molecule has 0 saturated heterocycles. The van der Waals surface area contributed by atoms with Crippen molar-refractivity contribution in [2.75, 3.05) is 11.9 Å². The average Bonchev–Trinajstić information content (AvgIpc) is 2.73. The third kappa shape index (κ3) is 6.11. The van der Waals surface area contributed by atoms with Crippen molar-refractivity contribution < 1.29 is 23.5 Å². The van der Waals surface area contributed by atoms with Gasteiger partial charge in [0.05, 0.1) is 5.56 Å². The van der Waals surface area contributed by atoms with Gasteiger partial charge in [-0.3, -0.25) is 4.79 Å². The van der Waals surface area contributed by atoms with Crippen LogP contribution < -0.4 is 10.1 Å². The number of nitrogens with one attached hydrogen (secondary N) is 1. The molecule has 0 bridgehead atoms. The van der Waals surface area contributed by atoms with Crippen LogP contribution in [0.4, 0.5) is 10.1 Å². The van der Waals surface area contributed by atoms with E-state index in [1.54, 1.807) is 0 Å². The number of esters is 1. The van der Waals surface area contributed by atoms with Crippen molar-refractivity contribution in [1.82, 2.24) is 4.98 Å². The molecule has 3 aromatic rings. The van der Waals surface area contributed by atoms with Gasteiger partial charge < -0.3 is 14.8 Å². The summed E-state index contributed by atoms with van der Waals surface area (Å²) in [6.07, 6.45) is 1.32. The Hall–Kier alpha value is -3.26. The number of halogens is 2. The van der Waals surface area contributed by atoms with E-state index >= 15 is 0 Å². The number of nitrogens with zero attached hydrogens (tertiary/aromatic N) is 1. The Bertz CT molecular complexity index is 994. The average molecular weight is 459 g/mol. The molecule has 1 aromatic heterocycles. The summed E-state index contributed by atoms with van der Waals surface area (Å²) >= 11 is 3.38. The Labute approximate surface area is 174 Å². The fourth-order valence-electron chi connectivity index (χ4n) is 2.28. The molecule has 1 heterocycles. The molecule has 1 amide bonds. The standard InChI is InChI=1S/C21H16BrFN2O4/c22-18-4-2-1-3-15(18)12-29-20(26)13-28-19-10-5-14(11-24-19)21(27)25-17-8-6-16(23)7-9-17/h1-11H,12-13H2,(H,25,27). The van der Waals surface area contributed by atoms with Gasteiger partial charge in [-0.2, -0.15) is 0 Å². The van der Waals surface area contributed by atoms with Crippen molar-refractivity contribution in [3.63, 3.8) is 0 Å². The van der Waals surface area contributed by atoms with Crippen molar-refractivity contribution >= 4 is 33.5 Å². The quantitative estimate of drug-likeness (QED) is 0.532. The summed E-state index contributed by atoms with van der Waals surface area (Å²) < 4.78 is 24.2. The first-order valence-corrected chi connectivity index (χ1v) is 9.35. The first-order chi connectivity index (χ1) is 14.0. The topological polar surface area (TPSA) is 77.5 Å². The van der Waals surface area contributed by atoms with Crippen LogP contribution in [0, 0.1) is 5.82 Å². The minimum absolute atomic E-state index is 0.125. The van der Waals surface area contributed by atoms with E-state index in [2.05, 4.69) is 26.2 Å². The molecular weight excluding hydrogens is 443 g/mol. The van der Waals surface area contributed by atoms with Gasteiger partial charge in [0.1, 0.15) is 12.4 Å². The molecule has 0 unspecified atom stereocenters. The summed E-state index contributed by atoms with van der Waals surface area (Å²) in [6.45, 7) is -0.182. The fourth-order valence-corrected chi connectivity index (χ4v) is 2.68. The van der Waals surface area contributed by atoms with E-state index in [0.29, 0.717) is 5.69 Å². The smallest absolute Gasteiger partial charge is 0.344 e. The molecule has 0 fully saturated rings. The zero-order chi connectivity index (χ0) is 20.6. The normalized spacial score (nSPS) is 10.3. The molecule has 0 atom stereocenters. The zero-order valence-electron chi connectivity index (χ0n) is 15.1. The minimum atomic E-state index is -0.541. The summed E-state index contributed by atoms with van der Waals surface area (Å²) in [6, 6.07) is 15.8. The summed E-state index contributed by atoms with van der Waals surface area (Å²) in [7, 11) is 0. The molecule has 0 aliphatic rings. The summed E-state index contributed by atoms with van der Waals surface area (Å²) in [5, 5.41) is 2.63. The van der Waals surface area contributed by atoms with Gasteiger partial charge in [-0.25, -0.2) is 14.2 Å². The minimum Gasteiger partial charge on any atom is -0.466 e. The van der Waals surface area contributed by atoms with E-state index in [1.165, 1.54) is 42.6 Å². The Morgan fingerprint density at radius 2 is 1.79 bits per heavy atom. The van der Waals surface area contributed by atoms with Crippen molar-refractivity contribution in [2.45, 2.75) is 6.61 Å². The zero-order valence-corrected chi connectivity index (χ0v) is 16.7. The molecule has 8 heteroatoms. The Balaban J connectivity index is 1.47. The molecule has 0 saturated carbocycles. The number of anilines is 1. The third-order valence-corrected chi connectivity index (χ3v) is 4.56. The maximum atomic E-state index is 12.9. The van der Waals surface area contributed by atoms with Gasteiger partial charge in [0.2, 0.25) is 5.88 Å². The molecule has 0 aliphatic carbocycles. The predicted octanol–water partition coefficient (Wildman–Crippen LogP) is 4.36. The molecule has 2 aromatic carbocycles. The van der Waals surface area contributed by atoms with Gasteiger partial charge in [0.25, 0.3) is 5.91 Å². The van der Waals surface area contributed by atoms with Gasteiger partial charge in [-0.05, 0) is 36.4 Å². The summed E-state index contributed by atoms with van der Waals surface area (Å²) in [5.41, 5.74) is 1.60. The highest BCUT2D eigenvalue weighted by molar-refractivity contribution is 9.10. The Morgan fingerprint density at radius 3 is 2.48 bits per heavy atom. The van der Waals surface area contributed by atoms with Crippen molar-refractivity contribution in [3.8, 4) is 5.88 Å². The van der Waals surface area contributed by atoms with Crippen LogP contribution in [0.2, 0.25) is 0 Å². The lowest BCUT2D eigenvalue weighted by molar-refractivity contribution is -0.147. The van der Waals surface area contributed by atoms with E-state index in [0.717, 1.165) is 10.0 Å². The fraction of sp³-hybridized carbons (Fsp3) is 0.0952. The van der Waals surface area contributed by atoms with Crippen molar-refractivity contribution in [2.24, 2.45) is 0 Å². The molecule has 0 aliphatic heterocycles. The van der Waals surface area contributed by atoms with E-state index < -0.39 is 11.9 Å². The van der Waals surface area contributed by atoms with Crippen LogP contribution in [0.1, 0.15) is 15.9 Å². The number of aromatic nitrogens is 1. The van der Waals surface area contributed by atoms with Crippen LogP contribution >= 0.6 is 15.9 Å². The number of rotatable bonds is 7. The number of hydrogen-bond donors (Lipinski definition) is 1. The maximum Gasteiger partial charge on any atom is 0.344 e. The van der Waals surface area contributed by atoms with Crippen LogP contribution in [-0.4, -0.2) is 23.5 Å². The highest BCUT2D eigenvalue weighted by atomic mass is 79.9. The SMILES string of the molecule is O=C(COc1ccc(C(=O)Nc2ccc(F)cc2)cn1)OCc1ccccc1Br. The molecule has 0 radical (unpaired) electrons. The first kappa shape index (κ1) is 20.5. The molecule has 148 valence electrons. The van der Waals surface area contributed by atoms with Crippen LogP contribution in [0.15, 0.2) is 71.3 Å². The lowest BCUT2D eigenvalue weighted by Crippen LogP contribution is -2.16. The molecule has 1 N–H and O–H groups in total. The van der Waals surface area contributed by atoms with Crippen molar-refractivity contribution in [1.29, 1.82) is 0 Å². The Morgan fingerprint density at radius 1 is 1.03 bits per heavy atom. The monoisotopic (exact) mass is 458 g/mol. The lowest BCUT2D eigenvalue weighted by atomic mass is 10.2. The lowest BCUT2D eigenvalue weighted by Gasteiger charge is -2.08. The highest BCUT2D eigenvalue weighted by Gasteiger charge is 2.10. The van der Waals surface area contributed by atoms with E-state index in [4.69, 9.17) is 9.47 Å². The predicted molar refractivity (Wildman–Crippen MR) is 108 cm³/mol. The van der Waals surface area contributed by atoms with Crippen LogP contribution in [0.5, 0.6) is 5.88 Å². The van der Waals surface area contributed by atoms with Gasteiger partial charge in [0, 0.05) is 28.0 Å². The van der Waals surface area contributed by atoms with Gasteiger partial charge in [0.15, 0.2) is 6.61 Å². The van der Waals surface area contributed by atoms with Crippen LogP contribution in [-0.2, 0) is 16.1 Å². The van der Waals surface area contributed by atoms with E-state index in [9.17, 15) is 14.0 Å². The van der Waals surface area contributed by atoms with Crippen LogP contribution in [0.25, 0.3) is 0 Å². The number of amides is 1. The second-order valence-corrected chi connectivity index (χ2v) is 6.74. The first-order valence-electron chi connectivity index (χ1n) is 8.56. The van der Waals surface area contributed by atoms with E-state index in [-0.39, 0.29) is 30.5 Å². The third-order valence-electron chi connectivity index (χ3n) is 3.79. The number of carbonyl (C=O) groups is 2. The molecule has 6 nitrogen and oxygen atoms in total. The number of ether oxygens (including phenoxy) is 2. The maximum absolute atomic E-state index is 12.9. The van der Waals surface area contributed by atoms with Gasteiger partial charge in [-0.1, -0.05) is 34.1 Å². The molecule has 3 rings (SSSR count). The number of hydrogen-bond acceptors (Lipinski definition) is 5. The molecule has 0 spiro atoms. The second kappa shape index (κ2) is 9.79. The summed E-state index contributed by atoms with van der Waals surface area (Å²) in [4.78, 5) is 28.0. The van der Waals surface area contributed by atoms with Gasteiger partial charge in [-0.15, -0.1) is 0 Å². The highest BCUT2D eigenvalue weighted by Crippen LogP contribution is 2.17. The summed E-state index contributed by atoms with van der Waals surface area (Å²) in [5.74, 6) is -1.15.